The maximum Gasteiger partial charge on any atom is 0.228 e. The van der Waals surface area contributed by atoms with Crippen LogP contribution in [0.2, 0.25) is 0 Å². The number of H-pyrrole nitrogens is 1. The molecule has 0 radical (unpaired) electrons. The number of rotatable bonds is 3. The lowest BCUT2D eigenvalue weighted by molar-refractivity contribution is -0.139. The maximum absolute atomic E-state index is 12.9. The highest BCUT2D eigenvalue weighted by molar-refractivity contribution is 5.89. The molecule has 1 aromatic heterocycles. The molecule has 3 heterocycles. The standard InChI is InChI=1S/C19H22N4O2/c24-17-10-14(11-20-17)19(25)23-9-5-4-8-16(23)18-21-12-15(22-18)13-6-2-1-3-7-13/h1-3,6-7,12,14,16H,4-5,8-11H2,(H,20,24)(H,21,22)/t14-,16+/m1/s1. The van der Waals surface area contributed by atoms with Crippen molar-refractivity contribution in [2.45, 2.75) is 31.7 Å². The van der Waals surface area contributed by atoms with E-state index in [2.05, 4.69) is 15.3 Å². The minimum absolute atomic E-state index is 0.0312. The average molecular weight is 338 g/mol. The van der Waals surface area contributed by atoms with Crippen LogP contribution in [0.1, 0.15) is 37.5 Å². The molecule has 2 aliphatic heterocycles. The first-order chi connectivity index (χ1) is 12.2. The fourth-order valence-electron chi connectivity index (χ4n) is 3.76. The molecule has 2 fully saturated rings. The van der Waals surface area contributed by atoms with Gasteiger partial charge in [-0.05, 0) is 24.8 Å². The fourth-order valence-corrected chi connectivity index (χ4v) is 3.76. The highest BCUT2D eigenvalue weighted by atomic mass is 16.2. The lowest BCUT2D eigenvalue weighted by atomic mass is 9.98. The van der Waals surface area contributed by atoms with Gasteiger partial charge < -0.3 is 15.2 Å². The van der Waals surface area contributed by atoms with Crippen molar-refractivity contribution in [3.05, 3.63) is 42.4 Å². The molecule has 25 heavy (non-hydrogen) atoms. The van der Waals surface area contributed by atoms with E-state index in [1.165, 1.54) is 0 Å². The number of imidazole rings is 1. The first-order valence-electron chi connectivity index (χ1n) is 8.90. The second-order valence-corrected chi connectivity index (χ2v) is 6.80. The SMILES string of the molecule is O=C1C[C@@H](C(=O)N2CCCC[C@H]2c2ncc(-c3ccccc3)[nH]2)CN1. The molecule has 1 aromatic carbocycles. The van der Waals surface area contributed by atoms with Crippen LogP contribution in [0, 0.1) is 5.92 Å². The number of nitrogens with zero attached hydrogens (tertiary/aromatic N) is 2. The Morgan fingerprint density at radius 2 is 2.04 bits per heavy atom. The van der Waals surface area contributed by atoms with Gasteiger partial charge >= 0.3 is 0 Å². The Bertz CT molecular complexity index is 771. The number of aromatic nitrogens is 2. The van der Waals surface area contributed by atoms with Gasteiger partial charge in [-0.3, -0.25) is 9.59 Å². The van der Waals surface area contributed by atoms with Crippen molar-refractivity contribution in [3.63, 3.8) is 0 Å². The van der Waals surface area contributed by atoms with E-state index in [1.54, 1.807) is 0 Å². The molecular weight excluding hydrogens is 316 g/mol. The van der Waals surface area contributed by atoms with Gasteiger partial charge in [0.1, 0.15) is 5.82 Å². The molecular formula is C19H22N4O2. The molecule has 4 rings (SSSR count). The summed E-state index contributed by atoms with van der Waals surface area (Å²) >= 11 is 0. The number of benzene rings is 1. The molecule has 0 saturated carbocycles. The zero-order valence-corrected chi connectivity index (χ0v) is 14.1. The van der Waals surface area contributed by atoms with E-state index in [1.807, 2.05) is 41.4 Å². The van der Waals surface area contributed by atoms with Gasteiger partial charge in [-0.1, -0.05) is 30.3 Å². The van der Waals surface area contributed by atoms with Crippen LogP contribution in [0.15, 0.2) is 36.5 Å². The Labute approximate surface area is 146 Å². The molecule has 0 bridgehead atoms. The van der Waals surface area contributed by atoms with E-state index in [9.17, 15) is 9.59 Å². The van der Waals surface area contributed by atoms with Crippen molar-refractivity contribution in [3.8, 4) is 11.3 Å². The van der Waals surface area contributed by atoms with Crippen molar-refractivity contribution in [1.29, 1.82) is 0 Å². The molecule has 6 heteroatoms. The lowest BCUT2D eigenvalue weighted by Gasteiger charge is -2.36. The van der Waals surface area contributed by atoms with Gasteiger partial charge in [-0.15, -0.1) is 0 Å². The number of likely N-dealkylation sites (tertiary alicyclic amines) is 1. The van der Waals surface area contributed by atoms with Gasteiger partial charge in [0.2, 0.25) is 11.8 Å². The number of hydrogen-bond donors (Lipinski definition) is 2. The average Bonchev–Trinajstić information content (AvgIpc) is 3.31. The molecule has 2 N–H and O–H groups in total. The predicted molar refractivity (Wildman–Crippen MR) is 93.4 cm³/mol. The van der Waals surface area contributed by atoms with Crippen LogP contribution >= 0.6 is 0 Å². The molecule has 6 nitrogen and oxygen atoms in total. The van der Waals surface area contributed by atoms with Crippen molar-refractivity contribution < 1.29 is 9.59 Å². The summed E-state index contributed by atoms with van der Waals surface area (Å²) in [6, 6.07) is 10.0. The van der Waals surface area contributed by atoms with Crippen molar-refractivity contribution in [1.82, 2.24) is 20.2 Å². The minimum atomic E-state index is -0.239. The predicted octanol–water partition coefficient (Wildman–Crippen LogP) is 2.27. The lowest BCUT2D eigenvalue weighted by Crippen LogP contribution is -2.42. The smallest absolute Gasteiger partial charge is 0.228 e. The molecule has 2 aliphatic rings. The molecule has 0 aliphatic carbocycles. The van der Waals surface area contributed by atoms with Crippen LogP contribution in [0.25, 0.3) is 11.3 Å². The maximum atomic E-state index is 12.9. The zero-order chi connectivity index (χ0) is 17.2. The Hall–Kier alpha value is -2.63. The topological polar surface area (TPSA) is 78.1 Å². The quantitative estimate of drug-likeness (QED) is 0.901. The number of amides is 2. The van der Waals surface area contributed by atoms with Crippen LogP contribution in [0.3, 0.4) is 0 Å². The Balaban J connectivity index is 1.56. The number of hydrogen-bond acceptors (Lipinski definition) is 3. The van der Waals surface area contributed by atoms with Crippen molar-refractivity contribution in [2.24, 2.45) is 5.92 Å². The zero-order valence-electron chi connectivity index (χ0n) is 14.1. The van der Waals surface area contributed by atoms with E-state index in [0.717, 1.165) is 42.9 Å². The second-order valence-electron chi connectivity index (χ2n) is 6.80. The van der Waals surface area contributed by atoms with Gasteiger partial charge in [0.15, 0.2) is 0 Å². The van der Waals surface area contributed by atoms with Crippen LogP contribution in [0.4, 0.5) is 0 Å². The monoisotopic (exact) mass is 338 g/mol. The number of nitrogens with one attached hydrogen (secondary N) is 2. The van der Waals surface area contributed by atoms with Crippen LogP contribution < -0.4 is 5.32 Å². The summed E-state index contributed by atoms with van der Waals surface area (Å²) in [5, 5.41) is 2.76. The molecule has 2 atom stereocenters. The van der Waals surface area contributed by atoms with Crippen LogP contribution in [-0.2, 0) is 9.59 Å². The first-order valence-corrected chi connectivity index (χ1v) is 8.90. The summed E-state index contributed by atoms with van der Waals surface area (Å²) in [5.41, 5.74) is 2.05. The number of carbonyl (C=O) groups excluding carboxylic acids is 2. The van der Waals surface area contributed by atoms with Crippen molar-refractivity contribution in [2.75, 3.05) is 13.1 Å². The Kier molecular flexibility index (Phi) is 4.26. The van der Waals surface area contributed by atoms with Crippen LogP contribution in [0.5, 0.6) is 0 Å². The third-order valence-electron chi connectivity index (χ3n) is 5.11. The van der Waals surface area contributed by atoms with Gasteiger partial charge in [-0.25, -0.2) is 4.98 Å². The normalized spacial score (nSPS) is 23.5. The molecule has 130 valence electrons. The highest BCUT2D eigenvalue weighted by Gasteiger charge is 2.36. The molecule has 0 unspecified atom stereocenters. The summed E-state index contributed by atoms with van der Waals surface area (Å²) in [7, 11) is 0. The third-order valence-corrected chi connectivity index (χ3v) is 5.11. The number of piperidine rings is 1. The van der Waals surface area contributed by atoms with Crippen LogP contribution in [-0.4, -0.2) is 39.8 Å². The van der Waals surface area contributed by atoms with E-state index < -0.39 is 0 Å². The Morgan fingerprint density at radius 3 is 2.80 bits per heavy atom. The van der Waals surface area contributed by atoms with E-state index in [-0.39, 0.29) is 23.8 Å². The highest BCUT2D eigenvalue weighted by Crippen LogP contribution is 2.32. The third kappa shape index (κ3) is 3.16. The summed E-state index contributed by atoms with van der Waals surface area (Å²) in [4.78, 5) is 34.2. The summed E-state index contributed by atoms with van der Waals surface area (Å²) in [6.45, 7) is 1.18. The number of aromatic amines is 1. The van der Waals surface area contributed by atoms with E-state index in [0.29, 0.717) is 13.0 Å². The largest absolute Gasteiger partial charge is 0.355 e. The number of carbonyl (C=O) groups is 2. The van der Waals surface area contributed by atoms with Gasteiger partial charge in [0.05, 0.1) is 23.9 Å². The van der Waals surface area contributed by atoms with Gasteiger partial charge in [0.25, 0.3) is 0 Å². The summed E-state index contributed by atoms with van der Waals surface area (Å²) in [5.74, 6) is 0.637. The Morgan fingerprint density at radius 1 is 1.20 bits per heavy atom. The second kappa shape index (κ2) is 6.70. The first kappa shape index (κ1) is 15.9. The van der Waals surface area contributed by atoms with Gasteiger partial charge in [0, 0.05) is 19.5 Å². The van der Waals surface area contributed by atoms with Gasteiger partial charge in [-0.2, -0.15) is 0 Å². The fraction of sp³-hybridized carbons (Fsp3) is 0.421. The van der Waals surface area contributed by atoms with E-state index >= 15 is 0 Å². The minimum Gasteiger partial charge on any atom is -0.355 e. The molecule has 2 aromatic rings. The van der Waals surface area contributed by atoms with E-state index in [4.69, 9.17) is 0 Å². The summed E-state index contributed by atoms with van der Waals surface area (Å²) in [6.07, 6.45) is 5.12. The molecule has 2 saturated heterocycles. The van der Waals surface area contributed by atoms with Crippen molar-refractivity contribution >= 4 is 11.8 Å². The molecule has 0 spiro atoms. The summed E-state index contributed by atoms with van der Waals surface area (Å²) < 4.78 is 0. The molecule has 2 amide bonds.